The van der Waals surface area contributed by atoms with E-state index in [1.54, 1.807) is 13.2 Å². The van der Waals surface area contributed by atoms with Crippen molar-refractivity contribution in [2.24, 2.45) is 0 Å². The topological polar surface area (TPSA) is 42.4 Å². The van der Waals surface area contributed by atoms with Crippen LogP contribution in [0.15, 0.2) is 23.9 Å². The number of hydroxylamine groups is 2. The van der Waals surface area contributed by atoms with Crippen molar-refractivity contribution >= 4 is 12.0 Å². The second-order valence-corrected chi connectivity index (χ2v) is 3.37. The summed E-state index contributed by atoms with van der Waals surface area (Å²) in [5, 5.41) is 1.22. The fraction of sp³-hybridized carbons (Fsp3) is 0.273. The molecule has 0 saturated heterocycles. The van der Waals surface area contributed by atoms with Crippen molar-refractivity contribution in [3.05, 3.63) is 35.2 Å². The van der Waals surface area contributed by atoms with Gasteiger partial charge >= 0.3 is 0 Å². The molecule has 0 spiro atoms. The molecule has 0 aliphatic heterocycles. The summed E-state index contributed by atoms with van der Waals surface area (Å²) in [4.78, 5) is 20.8. The van der Waals surface area contributed by atoms with Crippen molar-refractivity contribution in [3.8, 4) is 0 Å². The first-order chi connectivity index (χ1) is 7.22. The fourth-order valence-electron chi connectivity index (χ4n) is 1.57. The van der Waals surface area contributed by atoms with Gasteiger partial charge in [0.2, 0.25) is 0 Å². The third-order valence-electron chi connectivity index (χ3n) is 2.45. The van der Waals surface area contributed by atoms with E-state index in [4.69, 9.17) is 4.84 Å². The molecule has 1 aromatic heterocycles. The summed E-state index contributed by atoms with van der Waals surface area (Å²) < 4.78 is 0. The number of amides is 1. The van der Waals surface area contributed by atoms with Gasteiger partial charge in [-0.25, -0.2) is 5.06 Å². The summed E-state index contributed by atoms with van der Waals surface area (Å²) in [6, 6.07) is 3.82. The largest absolute Gasteiger partial charge is 0.274 e. The molecule has 1 heterocycles. The number of carbonyl (C=O) groups is 1. The van der Waals surface area contributed by atoms with Crippen molar-refractivity contribution in [3.63, 3.8) is 0 Å². The molecule has 0 unspecified atom stereocenters. The van der Waals surface area contributed by atoms with E-state index in [9.17, 15) is 4.79 Å². The first-order valence-electron chi connectivity index (χ1n) is 4.69. The molecule has 0 aromatic carbocycles. The molecule has 2 rings (SSSR count). The maximum atomic E-state index is 11.7. The first-order valence-corrected chi connectivity index (χ1v) is 4.69. The van der Waals surface area contributed by atoms with Crippen molar-refractivity contribution in [1.29, 1.82) is 0 Å². The van der Waals surface area contributed by atoms with E-state index in [0.717, 1.165) is 11.3 Å². The van der Waals surface area contributed by atoms with Gasteiger partial charge in [0.25, 0.3) is 5.91 Å². The van der Waals surface area contributed by atoms with Crippen LogP contribution in [0, 0.1) is 0 Å². The number of fused-ring (bicyclic) bond motifs is 1. The van der Waals surface area contributed by atoms with Gasteiger partial charge in [0.05, 0.1) is 12.8 Å². The van der Waals surface area contributed by atoms with E-state index in [2.05, 4.69) is 4.98 Å². The molecule has 0 saturated carbocycles. The fourth-order valence-corrected chi connectivity index (χ4v) is 1.57. The predicted octanol–water partition coefficient (Wildman–Crippen LogP) is 1.04. The zero-order chi connectivity index (χ0) is 10.8. The molecular formula is C11H12N2O2. The lowest BCUT2D eigenvalue weighted by Crippen LogP contribution is -2.26. The Morgan fingerprint density at radius 3 is 3.07 bits per heavy atom. The molecule has 0 atom stereocenters. The van der Waals surface area contributed by atoms with Crippen LogP contribution in [0.3, 0.4) is 0 Å². The highest BCUT2D eigenvalue weighted by atomic mass is 16.7. The van der Waals surface area contributed by atoms with Crippen LogP contribution in [0.25, 0.3) is 6.08 Å². The predicted molar refractivity (Wildman–Crippen MR) is 55.7 cm³/mol. The average molecular weight is 204 g/mol. The van der Waals surface area contributed by atoms with Crippen LogP contribution >= 0.6 is 0 Å². The summed E-state index contributed by atoms with van der Waals surface area (Å²) in [6.07, 6.45) is 4.18. The third-order valence-corrected chi connectivity index (χ3v) is 2.45. The SMILES string of the molecule is CON(C)C(=O)C1=Cc2cccnc2C1. The third kappa shape index (κ3) is 1.76. The lowest BCUT2D eigenvalue weighted by atomic mass is 10.2. The standard InChI is InChI=1S/C11H12N2O2/c1-13(15-2)11(14)9-6-8-4-3-5-12-10(8)7-9/h3-6H,7H2,1-2H3. The van der Waals surface area contributed by atoms with E-state index in [0.29, 0.717) is 12.0 Å². The minimum atomic E-state index is -0.115. The van der Waals surface area contributed by atoms with Crippen molar-refractivity contribution < 1.29 is 9.63 Å². The number of nitrogens with zero attached hydrogens (tertiary/aromatic N) is 2. The Morgan fingerprint density at radius 2 is 2.40 bits per heavy atom. The normalized spacial score (nSPS) is 13.3. The minimum absolute atomic E-state index is 0.115. The molecule has 15 heavy (non-hydrogen) atoms. The highest BCUT2D eigenvalue weighted by Gasteiger charge is 2.21. The molecule has 4 heteroatoms. The van der Waals surface area contributed by atoms with E-state index in [-0.39, 0.29) is 5.91 Å². The monoisotopic (exact) mass is 204 g/mol. The number of hydrogen-bond acceptors (Lipinski definition) is 3. The molecule has 1 aliphatic rings. The van der Waals surface area contributed by atoms with Crippen LogP contribution in [-0.2, 0) is 16.1 Å². The Kier molecular flexibility index (Phi) is 2.51. The van der Waals surface area contributed by atoms with E-state index in [1.807, 2.05) is 18.2 Å². The summed E-state index contributed by atoms with van der Waals surface area (Å²) in [6.45, 7) is 0. The summed E-state index contributed by atoms with van der Waals surface area (Å²) >= 11 is 0. The van der Waals surface area contributed by atoms with Crippen LogP contribution in [0.1, 0.15) is 11.3 Å². The van der Waals surface area contributed by atoms with Crippen molar-refractivity contribution in [2.45, 2.75) is 6.42 Å². The Morgan fingerprint density at radius 1 is 1.60 bits per heavy atom. The van der Waals surface area contributed by atoms with Crippen LogP contribution in [0.5, 0.6) is 0 Å². The zero-order valence-corrected chi connectivity index (χ0v) is 8.73. The van der Waals surface area contributed by atoms with Gasteiger partial charge in [0.15, 0.2) is 0 Å². The van der Waals surface area contributed by atoms with Crippen LogP contribution < -0.4 is 0 Å². The molecule has 1 aromatic rings. The number of aromatic nitrogens is 1. The van der Waals surface area contributed by atoms with Gasteiger partial charge in [0.1, 0.15) is 0 Å². The van der Waals surface area contributed by atoms with E-state index >= 15 is 0 Å². The van der Waals surface area contributed by atoms with Gasteiger partial charge in [-0.1, -0.05) is 6.07 Å². The second kappa shape index (κ2) is 3.82. The Balaban J connectivity index is 2.21. The zero-order valence-electron chi connectivity index (χ0n) is 8.73. The number of hydrogen-bond donors (Lipinski definition) is 0. The first kappa shape index (κ1) is 9.86. The van der Waals surface area contributed by atoms with Crippen LogP contribution in [0.4, 0.5) is 0 Å². The quantitative estimate of drug-likeness (QED) is 0.676. The number of rotatable bonds is 2. The van der Waals surface area contributed by atoms with Gasteiger partial charge in [0, 0.05) is 25.2 Å². The van der Waals surface area contributed by atoms with Crippen molar-refractivity contribution in [2.75, 3.05) is 14.2 Å². The highest BCUT2D eigenvalue weighted by Crippen LogP contribution is 2.23. The molecule has 1 amide bonds. The van der Waals surface area contributed by atoms with Crippen LogP contribution in [-0.4, -0.2) is 30.1 Å². The summed E-state index contributed by atoms with van der Waals surface area (Å²) in [7, 11) is 3.07. The Hall–Kier alpha value is -1.68. The molecule has 4 nitrogen and oxygen atoms in total. The summed E-state index contributed by atoms with van der Waals surface area (Å²) in [5.41, 5.74) is 2.68. The second-order valence-electron chi connectivity index (χ2n) is 3.37. The molecule has 0 bridgehead atoms. The van der Waals surface area contributed by atoms with Crippen molar-refractivity contribution in [1.82, 2.24) is 10.0 Å². The lowest BCUT2D eigenvalue weighted by molar-refractivity contribution is -0.163. The van der Waals surface area contributed by atoms with Gasteiger partial charge in [-0.05, 0) is 17.7 Å². The maximum Gasteiger partial charge on any atom is 0.273 e. The number of likely N-dealkylation sites (N-methyl/N-ethyl adjacent to an activating group) is 1. The molecule has 0 radical (unpaired) electrons. The van der Waals surface area contributed by atoms with Gasteiger partial charge in [-0.15, -0.1) is 0 Å². The maximum absolute atomic E-state index is 11.7. The highest BCUT2D eigenvalue weighted by molar-refractivity contribution is 5.99. The van der Waals surface area contributed by atoms with Gasteiger partial charge < -0.3 is 0 Å². The van der Waals surface area contributed by atoms with E-state index < -0.39 is 0 Å². The molecular weight excluding hydrogens is 192 g/mol. The average Bonchev–Trinajstić information content (AvgIpc) is 2.70. The van der Waals surface area contributed by atoms with Crippen LogP contribution in [0.2, 0.25) is 0 Å². The number of pyridine rings is 1. The molecule has 1 aliphatic carbocycles. The van der Waals surface area contributed by atoms with E-state index in [1.165, 1.54) is 12.2 Å². The Bertz CT molecular complexity index is 426. The van der Waals surface area contributed by atoms with Gasteiger partial charge in [-0.3, -0.25) is 14.6 Å². The Labute approximate surface area is 88.1 Å². The minimum Gasteiger partial charge on any atom is -0.274 e. The molecule has 0 fully saturated rings. The van der Waals surface area contributed by atoms with Gasteiger partial charge in [-0.2, -0.15) is 0 Å². The molecule has 0 N–H and O–H groups in total. The summed E-state index contributed by atoms with van der Waals surface area (Å²) in [5.74, 6) is -0.115. The number of carbonyl (C=O) groups excluding carboxylic acids is 1. The smallest absolute Gasteiger partial charge is 0.273 e. The molecule has 78 valence electrons. The lowest BCUT2D eigenvalue weighted by Gasteiger charge is -2.13.